The predicted octanol–water partition coefficient (Wildman–Crippen LogP) is 2.46. The molecule has 1 fully saturated rings. The van der Waals surface area contributed by atoms with Crippen molar-refractivity contribution in [1.29, 1.82) is 0 Å². The van der Waals surface area contributed by atoms with Crippen LogP contribution in [0.2, 0.25) is 0 Å². The van der Waals surface area contributed by atoms with Gasteiger partial charge in [-0.2, -0.15) is 0 Å². The maximum Gasteiger partial charge on any atom is 0.237 e. The zero-order valence-electron chi connectivity index (χ0n) is 19.8. The summed E-state index contributed by atoms with van der Waals surface area (Å²) >= 11 is 0. The van der Waals surface area contributed by atoms with Gasteiger partial charge in [-0.3, -0.25) is 9.69 Å². The number of aromatic hydroxyl groups is 2. The number of carbonyl (C=O) groups is 1. The van der Waals surface area contributed by atoms with E-state index in [4.69, 9.17) is 0 Å². The summed E-state index contributed by atoms with van der Waals surface area (Å²) in [5.41, 5.74) is 3.22. The molecular weight excluding hydrogens is 416 g/mol. The van der Waals surface area contributed by atoms with Crippen LogP contribution in [-0.2, 0) is 17.8 Å². The Balaban J connectivity index is 1.34. The van der Waals surface area contributed by atoms with Gasteiger partial charge in [0.1, 0.15) is 11.5 Å². The van der Waals surface area contributed by atoms with E-state index >= 15 is 0 Å². The van der Waals surface area contributed by atoms with Gasteiger partial charge in [-0.15, -0.1) is 0 Å². The van der Waals surface area contributed by atoms with Crippen LogP contribution < -0.4 is 15.5 Å². The van der Waals surface area contributed by atoms with E-state index in [0.717, 1.165) is 43.0 Å². The first-order valence-corrected chi connectivity index (χ1v) is 11.9. The number of piperazine rings is 1. The molecule has 0 bridgehead atoms. The molecule has 0 aliphatic carbocycles. The molecule has 0 spiro atoms. The second-order valence-electron chi connectivity index (χ2n) is 9.77. The second kappa shape index (κ2) is 10.0. The Hall–Kier alpha value is -2.77. The molecule has 1 amide bonds. The molecule has 7 nitrogen and oxygen atoms in total. The Kier molecular flexibility index (Phi) is 7.10. The minimum Gasteiger partial charge on any atom is -0.508 e. The largest absolute Gasteiger partial charge is 0.508 e. The molecule has 33 heavy (non-hydrogen) atoms. The molecule has 2 aliphatic heterocycles. The normalized spacial score (nSPS) is 22.1. The van der Waals surface area contributed by atoms with Crippen LogP contribution in [0.25, 0.3) is 0 Å². The molecule has 0 saturated carbocycles. The molecule has 2 aromatic carbocycles. The highest BCUT2D eigenvalue weighted by Gasteiger charge is 2.30. The van der Waals surface area contributed by atoms with Crippen molar-refractivity contribution in [2.75, 3.05) is 31.1 Å². The van der Waals surface area contributed by atoms with Crippen LogP contribution in [0.1, 0.15) is 31.9 Å². The topological polar surface area (TPSA) is 88.1 Å². The van der Waals surface area contributed by atoms with Gasteiger partial charge in [0.15, 0.2) is 0 Å². The standard InChI is InChI=1S/C26H36N4O3/c1-17(2)25(28-26(33)24-12-19-7-8-23(32)11-20(19)14-27-24)16-29-9-10-30(18(3)15-29)21-5-4-6-22(31)13-21/h4-8,11,13,17-18,24-25,27,31-32H,9-10,12,14-16H2,1-3H3,(H,28,33)/t18-,24+,25+/m0/s1. The summed E-state index contributed by atoms with van der Waals surface area (Å²) in [6.07, 6.45) is 0.631. The van der Waals surface area contributed by atoms with Crippen molar-refractivity contribution in [1.82, 2.24) is 15.5 Å². The fraction of sp³-hybridized carbons (Fsp3) is 0.500. The molecule has 178 valence electrons. The zero-order valence-corrected chi connectivity index (χ0v) is 19.8. The number of hydrogen-bond acceptors (Lipinski definition) is 6. The molecule has 2 heterocycles. The molecule has 3 atom stereocenters. The third kappa shape index (κ3) is 5.60. The van der Waals surface area contributed by atoms with E-state index in [1.807, 2.05) is 24.3 Å². The van der Waals surface area contributed by atoms with Crippen LogP contribution in [-0.4, -0.2) is 65.3 Å². The number of fused-ring (bicyclic) bond motifs is 1. The molecule has 0 aromatic heterocycles. The molecule has 2 aromatic rings. The second-order valence-corrected chi connectivity index (χ2v) is 9.77. The van der Waals surface area contributed by atoms with E-state index in [-0.39, 0.29) is 23.7 Å². The van der Waals surface area contributed by atoms with Crippen LogP contribution in [0.5, 0.6) is 11.5 Å². The Morgan fingerprint density at radius 1 is 1.12 bits per heavy atom. The maximum atomic E-state index is 13.1. The van der Waals surface area contributed by atoms with E-state index in [1.165, 1.54) is 0 Å². The third-order valence-electron chi connectivity index (χ3n) is 6.93. The first-order chi connectivity index (χ1) is 15.8. The molecular formula is C26H36N4O3. The molecule has 7 heteroatoms. The van der Waals surface area contributed by atoms with E-state index in [9.17, 15) is 15.0 Å². The summed E-state index contributed by atoms with van der Waals surface area (Å²) in [5, 5.41) is 26.1. The average molecular weight is 453 g/mol. The number of nitrogens with zero attached hydrogens (tertiary/aromatic N) is 2. The summed E-state index contributed by atoms with van der Waals surface area (Å²) in [5.74, 6) is 0.914. The highest BCUT2D eigenvalue weighted by Crippen LogP contribution is 2.25. The summed E-state index contributed by atoms with van der Waals surface area (Å²) in [6.45, 7) is 10.6. The van der Waals surface area contributed by atoms with Gasteiger partial charge in [0.05, 0.1) is 6.04 Å². The lowest BCUT2D eigenvalue weighted by atomic mass is 9.94. The van der Waals surface area contributed by atoms with Gasteiger partial charge in [0.25, 0.3) is 0 Å². The predicted molar refractivity (Wildman–Crippen MR) is 131 cm³/mol. The van der Waals surface area contributed by atoms with Gasteiger partial charge in [0.2, 0.25) is 5.91 Å². The summed E-state index contributed by atoms with van der Waals surface area (Å²) in [4.78, 5) is 17.9. The molecule has 1 saturated heterocycles. The Labute approximate surface area is 196 Å². The first-order valence-electron chi connectivity index (χ1n) is 11.9. The fourth-order valence-electron chi connectivity index (χ4n) is 4.93. The molecule has 0 unspecified atom stereocenters. The number of amides is 1. The number of benzene rings is 2. The van der Waals surface area contributed by atoms with E-state index in [1.54, 1.807) is 18.2 Å². The van der Waals surface area contributed by atoms with Crippen LogP contribution in [0.4, 0.5) is 5.69 Å². The third-order valence-corrected chi connectivity index (χ3v) is 6.93. The first kappa shape index (κ1) is 23.4. The Bertz CT molecular complexity index is 980. The number of hydrogen-bond donors (Lipinski definition) is 4. The SMILES string of the molecule is CC(C)[C@@H](CN1CCN(c2cccc(O)c2)[C@@H](C)C1)NC(=O)[C@H]1Cc2ccc(O)cc2CN1. The zero-order chi connectivity index (χ0) is 23.5. The quantitative estimate of drug-likeness (QED) is 0.539. The highest BCUT2D eigenvalue weighted by molar-refractivity contribution is 5.82. The minimum atomic E-state index is -0.259. The average Bonchev–Trinajstić information content (AvgIpc) is 2.78. The van der Waals surface area contributed by atoms with Gasteiger partial charge < -0.3 is 25.7 Å². The van der Waals surface area contributed by atoms with E-state index < -0.39 is 0 Å². The van der Waals surface area contributed by atoms with Gasteiger partial charge in [-0.25, -0.2) is 0 Å². The number of phenols is 2. The number of carbonyl (C=O) groups excluding carboxylic acids is 1. The summed E-state index contributed by atoms with van der Waals surface area (Å²) in [6, 6.07) is 12.9. The maximum absolute atomic E-state index is 13.1. The molecule has 2 aliphatic rings. The van der Waals surface area contributed by atoms with Crippen LogP contribution >= 0.6 is 0 Å². The number of rotatable bonds is 6. The Morgan fingerprint density at radius 2 is 1.91 bits per heavy atom. The lowest BCUT2D eigenvalue weighted by Crippen LogP contribution is -2.58. The minimum absolute atomic E-state index is 0.0406. The van der Waals surface area contributed by atoms with Crippen molar-refractivity contribution < 1.29 is 15.0 Å². The smallest absolute Gasteiger partial charge is 0.237 e. The van der Waals surface area contributed by atoms with Crippen molar-refractivity contribution in [3.8, 4) is 11.5 Å². The molecule has 0 radical (unpaired) electrons. The molecule has 4 N–H and O–H groups in total. The van der Waals surface area contributed by atoms with Crippen LogP contribution in [0.15, 0.2) is 42.5 Å². The van der Waals surface area contributed by atoms with Gasteiger partial charge in [-0.1, -0.05) is 26.0 Å². The van der Waals surface area contributed by atoms with Gasteiger partial charge >= 0.3 is 0 Å². The van der Waals surface area contributed by atoms with Crippen molar-refractivity contribution >= 4 is 11.6 Å². The van der Waals surface area contributed by atoms with Gasteiger partial charge in [-0.05, 0) is 54.7 Å². The highest BCUT2D eigenvalue weighted by atomic mass is 16.3. The monoisotopic (exact) mass is 452 g/mol. The lowest BCUT2D eigenvalue weighted by Gasteiger charge is -2.43. The van der Waals surface area contributed by atoms with Crippen molar-refractivity contribution in [3.63, 3.8) is 0 Å². The number of nitrogens with one attached hydrogen (secondary N) is 2. The van der Waals surface area contributed by atoms with Crippen molar-refractivity contribution in [2.45, 2.75) is 51.9 Å². The van der Waals surface area contributed by atoms with Crippen LogP contribution in [0.3, 0.4) is 0 Å². The van der Waals surface area contributed by atoms with Crippen molar-refractivity contribution in [2.24, 2.45) is 5.92 Å². The summed E-state index contributed by atoms with van der Waals surface area (Å²) in [7, 11) is 0. The van der Waals surface area contributed by atoms with Gasteiger partial charge in [0, 0.05) is 56.6 Å². The lowest BCUT2D eigenvalue weighted by molar-refractivity contribution is -0.124. The Morgan fingerprint density at radius 3 is 2.64 bits per heavy atom. The summed E-state index contributed by atoms with van der Waals surface area (Å²) < 4.78 is 0. The molecule has 4 rings (SSSR count). The number of anilines is 1. The van der Waals surface area contributed by atoms with Crippen LogP contribution in [0, 0.1) is 5.92 Å². The van der Waals surface area contributed by atoms with Crippen molar-refractivity contribution in [3.05, 3.63) is 53.6 Å². The number of phenolic OH excluding ortho intramolecular Hbond substituents is 2. The fourth-order valence-corrected chi connectivity index (χ4v) is 4.93. The van der Waals surface area contributed by atoms with E-state index in [0.29, 0.717) is 30.7 Å². The van der Waals surface area contributed by atoms with E-state index in [2.05, 4.69) is 41.2 Å².